The van der Waals surface area contributed by atoms with Crippen molar-refractivity contribution in [1.29, 1.82) is 0 Å². The maximum atomic E-state index is 12.9. The number of amides is 1. The molecule has 1 fully saturated rings. The van der Waals surface area contributed by atoms with Crippen LogP contribution in [-0.2, 0) is 23.9 Å². The molecule has 0 saturated heterocycles. The quantitative estimate of drug-likeness (QED) is 0.485. The van der Waals surface area contributed by atoms with Crippen LogP contribution in [0.2, 0.25) is 5.02 Å². The first kappa shape index (κ1) is 21.4. The van der Waals surface area contributed by atoms with Gasteiger partial charge in [0.05, 0.1) is 6.42 Å². The van der Waals surface area contributed by atoms with Gasteiger partial charge in [-0.1, -0.05) is 53.2 Å². The van der Waals surface area contributed by atoms with E-state index in [9.17, 15) is 18.0 Å². The highest BCUT2D eigenvalue weighted by Gasteiger charge is 2.38. The van der Waals surface area contributed by atoms with Gasteiger partial charge < -0.3 is 9.42 Å². The number of carbonyl (C=O) groups is 1. The van der Waals surface area contributed by atoms with Gasteiger partial charge in [-0.2, -0.15) is 18.2 Å². The number of alkyl halides is 3. The van der Waals surface area contributed by atoms with Crippen LogP contribution in [0, 0.1) is 5.92 Å². The predicted octanol–water partition coefficient (Wildman–Crippen LogP) is 5.39. The fraction of sp³-hybridized carbons (Fsp3) is 0.318. The van der Waals surface area contributed by atoms with Crippen LogP contribution in [0.15, 0.2) is 53.1 Å². The van der Waals surface area contributed by atoms with Crippen molar-refractivity contribution in [2.24, 2.45) is 5.92 Å². The lowest BCUT2D eigenvalue weighted by Gasteiger charge is -2.23. The summed E-state index contributed by atoms with van der Waals surface area (Å²) in [5.41, 5.74) is 2.17. The molecule has 5 nitrogen and oxygen atoms in total. The average molecular weight is 450 g/mol. The van der Waals surface area contributed by atoms with Gasteiger partial charge in [-0.3, -0.25) is 4.79 Å². The third-order valence-electron chi connectivity index (χ3n) is 5.05. The van der Waals surface area contributed by atoms with E-state index >= 15 is 0 Å². The van der Waals surface area contributed by atoms with Gasteiger partial charge in [0.25, 0.3) is 0 Å². The first-order valence-corrected chi connectivity index (χ1v) is 10.2. The second-order valence-corrected chi connectivity index (χ2v) is 8.08. The third kappa shape index (κ3) is 5.64. The monoisotopic (exact) mass is 449 g/mol. The summed E-state index contributed by atoms with van der Waals surface area (Å²) in [5.74, 6) is -0.970. The molecule has 0 unspecified atom stereocenters. The predicted molar refractivity (Wildman–Crippen MR) is 108 cm³/mol. The minimum atomic E-state index is -4.68. The van der Waals surface area contributed by atoms with Gasteiger partial charge in [-0.15, -0.1) is 0 Å². The van der Waals surface area contributed by atoms with Crippen molar-refractivity contribution in [3.63, 3.8) is 0 Å². The van der Waals surface area contributed by atoms with Gasteiger partial charge in [0, 0.05) is 23.7 Å². The minimum absolute atomic E-state index is 0.0197. The number of halogens is 4. The smallest absolute Gasteiger partial charge is 0.338 e. The van der Waals surface area contributed by atoms with E-state index < -0.39 is 12.1 Å². The van der Waals surface area contributed by atoms with Crippen molar-refractivity contribution in [3.05, 3.63) is 70.6 Å². The van der Waals surface area contributed by atoms with Gasteiger partial charge in [0.2, 0.25) is 11.7 Å². The fourth-order valence-corrected chi connectivity index (χ4v) is 3.32. The molecule has 1 amide bonds. The highest BCUT2D eigenvalue weighted by Crippen LogP contribution is 2.31. The van der Waals surface area contributed by atoms with E-state index in [1.807, 2.05) is 17.0 Å². The molecule has 1 saturated carbocycles. The van der Waals surface area contributed by atoms with E-state index in [1.54, 1.807) is 36.4 Å². The van der Waals surface area contributed by atoms with Crippen LogP contribution in [0.4, 0.5) is 13.2 Å². The Morgan fingerprint density at radius 2 is 1.71 bits per heavy atom. The SMILES string of the molecule is O=C(Cc1ccc(Cl)cc1)N(Cc1ccc(-c2noc(C(F)(F)F)n2)cc1)CC1CC1. The molecule has 31 heavy (non-hydrogen) atoms. The van der Waals surface area contributed by atoms with Crippen molar-refractivity contribution < 1.29 is 22.5 Å². The molecule has 9 heteroatoms. The van der Waals surface area contributed by atoms with Gasteiger partial charge in [-0.05, 0) is 42.0 Å². The van der Waals surface area contributed by atoms with Crippen molar-refractivity contribution in [2.75, 3.05) is 6.54 Å². The maximum absolute atomic E-state index is 12.9. The van der Waals surface area contributed by atoms with Crippen LogP contribution in [0.25, 0.3) is 11.4 Å². The largest absolute Gasteiger partial charge is 0.471 e. The number of hydrogen-bond acceptors (Lipinski definition) is 4. The van der Waals surface area contributed by atoms with Crippen LogP contribution in [0.5, 0.6) is 0 Å². The highest BCUT2D eigenvalue weighted by atomic mass is 35.5. The molecule has 1 heterocycles. The van der Waals surface area contributed by atoms with Gasteiger partial charge >= 0.3 is 12.1 Å². The van der Waals surface area contributed by atoms with E-state index in [0.29, 0.717) is 29.6 Å². The molecule has 0 N–H and O–H groups in total. The van der Waals surface area contributed by atoms with Gasteiger partial charge in [0.1, 0.15) is 0 Å². The normalized spacial score (nSPS) is 13.9. The zero-order valence-corrected chi connectivity index (χ0v) is 17.2. The third-order valence-corrected chi connectivity index (χ3v) is 5.30. The molecule has 0 atom stereocenters. The Bertz CT molecular complexity index is 1050. The van der Waals surface area contributed by atoms with Crippen molar-refractivity contribution in [2.45, 2.75) is 32.0 Å². The Morgan fingerprint density at radius 1 is 1.06 bits per heavy atom. The summed E-state index contributed by atoms with van der Waals surface area (Å²) in [6.07, 6.45) is -2.17. The molecule has 1 aliphatic carbocycles. The lowest BCUT2D eigenvalue weighted by molar-refractivity contribution is -0.159. The summed E-state index contributed by atoms with van der Waals surface area (Å²) in [7, 11) is 0. The first-order chi connectivity index (χ1) is 14.8. The van der Waals surface area contributed by atoms with Crippen LogP contribution in [0.1, 0.15) is 29.9 Å². The number of hydrogen-bond donors (Lipinski definition) is 0. The van der Waals surface area contributed by atoms with Crippen LogP contribution < -0.4 is 0 Å². The van der Waals surface area contributed by atoms with Crippen LogP contribution in [-0.4, -0.2) is 27.5 Å². The number of rotatable bonds is 7. The number of carbonyl (C=O) groups excluding carboxylic acids is 1. The standard InChI is InChI=1S/C22H19ClF3N3O2/c23-18-9-5-14(6-10-18)11-19(30)29(12-15-1-2-15)13-16-3-7-17(8-4-16)20-27-21(31-28-20)22(24,25)26/h3-10,15H,1-2,11-13H2. The van der Waals surface area contributed by atoms with Crippen LogP contribution >= 0.6 is 11.6 Å². The summed E-state index contributed by atoms with van der Waals surface area (Å²) in [5, 5.41) is 4.01. The molecule has 0 bridgehead atoms. The minimum Gasteiger partial charge on any atom is -0.338 e. The average Bonchev–Trinajstić information content (AvgIpc) is 3.40. The van der Waals surface area contributed by atoms with Crippen molar-refractivity contribution in [3.8, 4) is 11.4 Å². The van der Waals surface area contributed by atoms with E-state index in [-0.39, 0.29) is 18.2 Å². The van der Waals surface area contributed by atoms with Gasteiger partial charge in [0.15, 0.2) is 0 Å². The summed E-state index contributed by atoms with van der Waals surface area (Å²) in [4.78, 5) is 18.1. The molecule has 162 valence electrons. The van der Waals surface area contributed by atoms with Crippen molar-refractivity contribution in [1.82, 2.24) is 15.0 Å². The Hall–Kier alpha value is -2.87. The molecule has 0 spiro atoms. The Balaban J connectivity index is 1.45. The summed E-state index contributed by atoms with van der Waals surface area (Å²) in [6.45, 7) is 1.11. The second kappa shape index (κ2) is 8.70. The molecular weight excluding hydrogens is 431 g/mol. The molecule has 2 aromatic carbocycles. The van der Waals surface area contributed by atoms with Gasteiger partial charge in [-0.25, -0.2) is 0 Å². The second-order valence-electron chi connectivity index (χ2n) is 7.64. The van der Waals surface area contributed by atoms with Crippen LogP contribution in [0.3, 0.4) is 0 Å². The molecule has 1 aliphatic rings. The Kier molecular flexibility index (Phi) is 6.00. The molecular formula is C22H19ClF3N3O2. The van der Waals surface area contributed by atoms with E-state index in [2.05, 4.69) is 14.7 Å². The Morgan fingerprint density at radius 3 is 2.29 bits per heavy atom. The summed E-state index contributed by atoms with van der Waals surface area (Å²) in [6, 6.07) is 14.0. The zero-order chi connectivity index (χ0) is 22.0. The topological polar surface area (TPSA) is 59.2 Å². The molecule has 0 radical (unpaired) electrons. The first-order valence-electron chi connectivity index (χ1n) is 9.80. The highest BCUT2D eigenvalue weighted by molar-refractivity contribution is 6.30. The van der Waals surface area contributed by atoms with Crippen molar-refractivity contribution >= 4 is 17.5 Å². The number of aromatic nitrogens is 2. The molecule has 3 aromatic rings. The summed E-state index contributed by atoms with van der Waals surface area (Å²) < 4.78 is 42.2. The maximum Gasteiger partial charge on any atom is 0.471 e. The van der Waals surface area contributed by atoms with E-state index in [0.717, 1.165) is 24.0 Å². The van der Waals surface area contributed by atoms with E-state index in [1.165, 1.54) is 0 Å². The molecule has 0 aliphatic heterocycles. The Labute approximate surface area is 181 Å². The number of benzene rings is 2. The molecule has 4 rings (SSSR count). The number of nitrogens with zero attached hydrogens (tertiary/aromatic N) is 3. The summed E-state index contributed by atoms with van der Waals surface area (Å²) >= 11 is 5.91. The van der Waals surface area contributed by atoms with E-state index in [4.69, 9.17) is 11.6 Å². The zero-order valence-electron chi connectivity index (χ0n) is 16.4. The lowest BCUT2D eigenvalue weighted by atomic mass is 10.1. The molecule has 1 aromatic heterocycles. The lowest BCUT2D eigenvalue weighted by Crippen LogP contribution is -2.33. The fourth-order valence-electron chi connectivity index (χ4n) is 3.19.